The molecular weight excluding hydrogens is 228 g/mol. The molecule has 1 fully saturated rings. The van der Waals surface area contributed by atoms with Crippen molar-refractivity contribution in [1.29, 1.82) is 0 Å². The van der Waals surface area contributed by atoms with Crippen molar-refractivity contribution in [3.63, 3.8) is 0 Å². The summed E-state index contributed by atoms with van der Waals surface area (Å²) in [6, 6.07) is 0. The Morgan fingerprint density at radius 3 is 3.00 bits per heavy atom. The standard InChI is InChI=1S/C13H18N4O/c1-4-13-6-5-7-17(13)11-10(16(3)12(13)18)8-14-9(2)15-11/h8H,4-7H2,1-3H3/t13-/m0/s1. The van der Waals surface area contributed by atoms with E-state index in [1.165, 1.54) is 0 Å². The Hall–Kier alpha value is -1.65. The van der Waals surface area contributed by atoms with Gasteiger partial charge < -0.3 is 9.80 Å². The molecule has 2 aliphatic rings. The average molecular weight is 246 g/mol. The van der Waals surface area contributed by atoms with Gasteiger partial charge in [0.05, 0.1) is 6.20 Å². The predicted octanol–water partition coefficient (Wildman–Crippen LogP) is 1.51. The Balaban J connectivity index is 2.22. The summed E-state index contributed by atoms with van der Waals surface area (Å²) in [4.78, 5) is 25.3. The number of aromatic nitrogens is 2. The van der Waals surface area contributed by atoms with Crippen LogP contribution >= 0.6 is 0 Å². The number of nitrogens with zero attached hydrogens (tertiary/aromatic N) is 4. The molecule has 96 valence electrons. The van der Waals surface area contributed by atoms with Crippen molar-refractivity contribution in [3.05, 3.63) is 12.0 Å². The minimum atomic E-state index is -0.372. The Morgan fingerprint density at radius 1 is 1.50 bits per heavy atom. The number of anilines is 2. The summed E-state index contributed by atoms with van der Waals surface area (Å²) in [5.41, 5.74) is 0.458. The number of fused-ring (bicyclic) bond motifs is 3. The molecule has 2 aliphatic heterocycles. The van der Waals surface area contributed by atoms with E-state index >= 15 is 0 Å². The lowest BCUT2D eigenvalue weighted by atomic mass is 9.89. The first kappa shape index (κ1) is 11.4. The summed E-state index contributed by atoms with van der Waals surface area (Å²) in [7, 11) is 1.83. The topological polar surface area (TPSA) is 49.3 Å². The van der Waals surface area contributed by atoms with Gasteiger partial charge in [-0.25, -0.2) is 9.97 Å². The normalized spacial score (nSPS) is 26.3. The molecule has 0 aliphatic carbocycles. The summed E-state index contributed by atoms with van der Waals surface area (Å²) in [6.45, 7) is 4.89. The predicted molar refractivity (Wildman–Crippen MR) is 69.8 cm³/mol. The Bertz CT molecular complexity index is 516. The van der Waals surface area contributed by atoms with Crippen molar-refractivity contribution in [2.75, 3.05) is 23.4 Å². The molecule has 3 heterocycles. The molecule has 1 aromatic rings. The molecule has 1 aromatic heterocycles. The zero-order chi connectivity index (χ0) is 12.9. The molecule has 0 bridgehead atoms. The van der Waals surface area contributed by atoms with E-state index in [1.807, 2.05) is 14.0 Å². The van der Waals surface area contributed by atoms with Crippen LogP contribution in [0.2, 0.25) is 0 Å². The largest absolute Gasteiger partial charge is 0.340 e. The van der Waals surface area contributed by atoms with Gasteiger partial charge in [0.1, 0.15) is 17.1 Å². The van der Waals surface area contributed by atoms with E-state index in [9.17, 15) is 4.79 Å². The van der Waals surface area contributed by atoms with Crippen LogP contribution in [0.3, 0.4) is 0 Å². The molecule has 0 saturated carbocycles. The molecule has 18 heavy (non-hydrogen) atoms. The minimum absolute atomic E-state index is 0.183. The van der Waals surface area contributed by atoms with Gasteiger partial charge in [-0.3, -0.25) is 4.79 Å². The van der Waals surface area contributed by atoms with Crippen LogP contribution < -0.4 is 9.80 Å². The summed E-state index contributed by atoms with van der Waals surface area (Å²) >= 11 is 0. The number of carbonyl (C=O) groups excluding carboxylic acids is 1. The second-order valence-corrected chi connectivity index (χ2v) is 5.13. The summed E-state index contributed by atoms with van der Waals surface area (Å²) < 4.78 is 0. The fourth-order valence-corrected chi connectivity index (χ4v) is 3.24. The number of hydrogen-bond donors (Lipinski definition) is 0. The summed E-state index contributed by atoms with van der Waals surface area (Å²) in [5, 5.41) is 0. The van der Waals surface area contributed by atoms with Gasteiger partial charge in [-0.1, -0.05) is 6.92 Å². The first-order chi connectivity index (χ1) is 8.60. The minimum Gasteiger partial charge on any atom is -0.340 e. The smallest absolute Gasteiger partial charge is 0.252 e. The number of hydrogen-bond acceptors (Lipinski definition) is 4. The van der Waals surface area contributed by atoms with Crippen molar-refractivity contribution >= 4 is 17.4 Å². The van der Waals surface area contributed by atoms with Crippen molar-refractivity contribution in [1.82, 2.24) is 9.97 Å². The Kier molecular flexibility index (Phi) is 2.33. The highest BCUT2D eigenvalue weighted by molar-refractivity contribution is 6.07. The SMILES string of the molecule is CC[C@@]12CCCN1c1nc(C)ncc1N(C)C2=O. The molecule has 0 unspecified atom stereocenters. The molecule has 0 N–H and O–H groups in total. The maximum Gasteiger partial charge on any atom is 0.252 e. The highest BCUT2D eigenvalue weighted by Gasteiger charge is 2.52. The van der Waals surface area contributed by atoms with Crippen molar-refractivity contribution in [2.45, 2.75) is 38.6 Å². The van der Waals surface area contributed by atoms with Gasteiger partial charge in [0, 0.05) is 13.6 Å². The lowest BCUT2D eigenvalue weighted by Gasteiger charge is -2.45. The van der Waals surface area contributed by atoms with Crippen LogP contribution in [0, 0.1) is 6.92 Å². The van der Waals surface area contributed by atoms with E-state index in [0.717, 1.165) is 43.1 Å². The van der Waals surface area contributed by atoms with Crippen LogP contribution in [-0.4, -0.2) is 35.0 Å². The molecule has 1 atom stereocenters. The third-order valence-electron chi connectivity index (χ3n) is 4.26. The van der Waals surface area contributed by atoms with E-state index in [2.05, 4.69) is 21.8 Å². The summed E-state index contributed by atoms with van der Waals surface area (Å²) in [5.74, 6) is 1.86. The Labute approximate surface area is 107 Å². The highest BCUT2D eigenvalue weighted by Crippen LogP contribution is 2.45. The zero-order valence-corrected chi connectivity index (χ0v) is 11.1. The lowest BCUT2D eigenvalue weighted by Crippen LogP contribution is -2.59. The van der Waals surface area contributed by atoms with Crippen molar-refractivity contribution in [2.24, 2.45) is 0 Å². The van der Waals surface area contributed by atoms with Crippen molar-refractivity contribution < 1.29 is 4.79 Å². The molecule has 5 nitrogen and oxygen atoms in total. The molecule has 1 saturated heterocycles. The molecule has 3 rings (SSSR count). The maximum absolute atomic E-state index is 12.6. The van der Waals surface area contributed by atoms with Crippen LogP contribution in [0.25, 0.3) is 0 Å². The van der Waals surface area contributed by atoms with Crippen LogP contribution in [0.1, 0.15) is 32.0 Å². The second kappa shape index (κ2) is 3.67. The quantitative estimate of drug-likeness (QED) is 0.753. The van der Waals surface area contributed by atoms with E-state index in [4.69, 9.17) is 0 Å². The van der Waals surface area contributed by atoms with Gasteiger partial charge in [0.2, 0.25) is 0 Å². The van der Waals surface area contributed by atoms with E-state index in [0.29, 0.717) is 0 Å². The fraction of sp³-hybridized carbons (Fsp3) is 0.615. The fourth-order valence-electron chi connectivity index (χ4n) is 3.24. The highest BCUT2D eigenvalue weighted by atomic mass is 16.2. The van der Waals surface area contributed by atoms with Crippen LogP contribution in [0.5, 0.6) is 0 Å². The number of rotatable bonds is 1. The third kappa shape index (κ3) is 1.24. The monoisotopic (exact) mass is 246 g/mol. The van der Waals surface area contributed by atoms with Crippen LogP contribution in [-0.2, 0) is 4.79 Å². The van der Waals surface area contributed by atoms with Gasteiger partial charge >= 0.3 is 0 Å². The zero-order valence-electron chi connectivity index (χ0n) is 11.1. The molecule has 5 heteroatoms. The lowest BCUT2D eigenvalue weighted by molar-refractivity contribution is -0.123. The number of aryl methyl sites for hydroxylation is 1. The van der Waals surface area contributed by atoms with Gasteiger partial charge in [0.25, 0.3) is 5.91 Å². The third-order valence-corrected chi connectivity index (χ3v) is 4.26. The summed E-state index contributed by atoms with van der Waals surface area (Å²) in [6.07, 6.45) is 4.57. The Morgan fingerprint density at radius 2 is 2.28 bits per heavy atom. The van der Waals surface area contributed by atoms with E-state index in [-0.39, 0.29) is 11.4 Å². The molecular formula is C13H18N4O. The first-order valence-electron chi connectivity index (χ1n) is 6.49. The number of likely N-dealkylation sites (N-methyl/N-ethyl adjacent to an activating group) is 1. The average Bonchev–Trinajstić information content (AvgIpc) is 2.81. The van der Waals surface area contributed by atoms with Crippen molar-refractivity contribution in [3.8, 4) is 0 Å². The molecule has 0 aromatic carbocycles. The van der Waals surface area contributed by atoms with Gasteiger partial charge in [0.15, 0.2) is 5.82 Å². The number of carbonyl (C=O) groups is 1. The van der Waals surface area contributed by atoms with E-state index in [1.54, 1.807) is 11.1 Å². The molecule has 0 radical (unpaired) electrons. The second-order valence-electron chi connectivity index (χ2n) is 5.13. The van der Waals surface area contributed by atoms with Gasteiger partial charge in [-0.2, -0.15) is 0 Å². The van der Waals surface area contributed by atoms with Crippen LogP contribution in [0.15, 0.2) is 6.20 Å². The van der Waals surface area contributed by atoms with E-state index < -0.39 is 0 Å². The molecule has 0 spiro atoms. The first-order valence-corrected chi connectivity index (χ1v) is 6.49. The maximum atomic E-state index is 12.6. The molecule has 1 amide bonds. The van der Waals surface area contributed by atoms with Crippen LogP contribution in [0.4, 0.5) is 11.5 Å². The number of amides is 1. The van der Waals surface area contributed by atoms with Gasteiger partial charge in [-0.05, 0) is 26.2 Å². The van der Waals surface area contributed by atoms with Gasteiger partial charge in [-0.15, -0.1) is 0 Å².